The molecule has 1 amide bonds. The number of nitro groups is 1. The van der Waals surface area contributed by atoms with Gasteiger partial charge in [0.25, 0.3) is 11.6 Å². The summed E-state index contributed by atoms with van der Waals surface area (Å²) in [5, 5.41) is 41.0. The van der Waals surface area contributed by atoms with Crippen LogP contribution >= 0.6 is 11.3 Å². The van der Waals surface area contributed by atoms with Crippen molar-refractivity contribution >= 4 is 39.9 Å². The second-order valence-electron chi connectivity index (χ2n) is 7.19. The number of phenolic OH excluding ortho intramolecular Hbond substituents is 2. The molecule has 0 bridgehead atoms. The van der Waals surface area contributed by atoms with E-state index in [1.165, 1.54) is 42.5 Å². The predicted octanol–water partition coefficient (Wildman–Crippen LogP) is 4.67. The summed E-state index contributed by atoms with van der Waals surface area (Å²) >= 11 is 1.11. The van der Waals surface area contributed by atoms with E-state index in [0.717, 1.165) is 11.3 Å². The van der Waals surface area contributed by atoms with Gasteiger partial charge in [0.05, 0.1) is 4.92 Å². The van der Waals surface area contributed by atoms with Crippen LogP contribution < -0.4 is 5.32 Å². The summed E-state index contributed by atoms with van der Waals surface area (Å²) in [4.78, 5) is 35.0. The molecule has 0 atom stereocenters. The topological polar surface area (TPSA) is 156 Å². The average molecular weight is 488 g/mol. The number of rotatable bonds is 7. The van der Waals surface area contributed by atoms with E-state index in [2.05, 4.69) is 15.5 Å². The van der Waals surface area contributed by atoms with Crippen LogP contribution in [0.4, 0.5) is 10.8 Å². The van der Waals surface area contributed by atoms with E-state index in [-0.39, 0.29) is 28.1 Å². The summed E-state index contributed by atoms with van der Waals surface area (Å²) < 4.78 is 0. The second-order valence-corrected chi connectivity index (χ2v) is 8.17. The highest BCUT2D eigenvalue weighted by atomic mass is 32.1. The number of hydrogen-bond acceptors (Lipinski definition) is 9. The summed E-state index contributed by atoms with van der Waals surface area (Å²) in [6.45, 7) is 0. The fraction of sp³-hybridized carbons (Fsp3) is 0. The first-order chi connectivity index (χ1) is 16.8. The minimum atomic E-state index is -0.535. The number of anilines is 1. The minimum absolute atomic E-state index is 0.0937. The maximum absolute atomic E-state index is 12.5. The number of benzene rings is 3. The number of nitro benzene ring substituents is 1. The highest BCUT2D eigenvalue weighted by Crippen LogP contribution is 2.33. The van der Waals surface area contributed by atoms with Crippen LogP contribution in [0.15, 0.2) is 72.8 Å². The lowest BCUT2D eigenvalue weighted by Gasteiger charge is -2.02. The molecule has 174 valence electrons. The Labute approximate surface area is 202 Å². The zero-order valence-electron chi connectivity index (χ0n) is 17.8. The molecule has 0 aliphatic carbocycles. The Hall–Kier alpha value is -4.90. The third-order valence-electron chi connectivity index (χ3n) is 4.83. The summed E-state index contributed by atoms with van der Waals surface area (Å²) in [5.74, 6) is -1.25. The monoisotopic (exact) mass is 488 g/mol. The van der Waals surface area contributed by atoms with Gasteiger partial charge in [0, 0.05) is 28.8 Å². The van der Waals surface area contributed by atoms with Gasteiger partial charge in [0.15, 0.2) is 17.3 Å². The number of nitrogens with one attached hydrogen (secondary N) is 1. The van der Waals surface area contributed by atoms with Gasteiger partial charge in [0.1, 0.15) is 5.01 Å². The number of carbonyl (C=O) groups excluding carboxylic acids is 2. The highest BCUT2D eigenvalue weighted by molar-refractivity contribution is 7.18. The van der Waals surface area contributed by atoms with Gasteiger partial charge < -0.3 is 10.2 Å². The number of aromatic nitrogens is 2. The number of nitrogens with zero attached hydrogens (tertiary/aromatic N) is 3. The molecule has 4 rings (SSSR count). The van der Waals surface area contributed by atoms with Gasteiger partial charge >= 0.3 is 0 Å². The lowest BCUT2D eigenvalue weighted by atomic mass is 10.1. The van der Waals surface area contributed by atoms with Crippen molar-refractivity contribution in [3.63, 3.8) is 0 Å². The Balaban J connectivity index is 1.38. The van der Waals surface area contributed by atoms with E-state index in [0.29, 0.717) is 27.3 Å². The van der Waals surface area contributed by atoms with Crippen LogP contribution in [-0.4, -0.2) is 37.0 Å². The molecule has 10 nitrogen and oxygen atoms in total. The fourth-order valence-electron chi connectivity index (χ4n) is 2.98. The maximum atomic E-state index is 12.5. The van der Waals surface area contributed by atoms with Gasteiger partial charge in [-0.3, -0.25) is 25.0 Å². The number of aromatic hydroxyl groups is 2. The van der Waals surface area contributed by atoms with Crippen molar-refractivity contribution in [2.24, 2.45) is 0 Å². The van der Waals surface area contributed by atoms with Crippen LogP contribution in [0.1, 0.15) is 26.3 Å². The molecule has 0 aliphatic heterocycles. The molecule has 0 spiro atoms. The Morgan fingerprint density at radius 2 is 1.60 bits per heavy atom. The fourth-order valence-corrected chi connectivity index (χ4v) is 3.71. The van der Waals surface area contributed by atoms with E-state index in [9.17, 15) is 29.9 Å². The van der Waals surface area contributed by atoms with Gasteiger partial charge in [0.2, 0.25) is 5.13 Å². The third-order valence-corrected chi connectivity index (χ3v) is 5.72. The van der Waals surface area contributed by atoms with Gasteiger partial charge in [-0.05, 0) is 54.1 Å². The molecule has 11 heteroatoms. The van der Waals surface area contributed by atoms with Gasteiger partial charge in [-0.1, -0.05) is 29.5 Å². The summed E-state index contributed by atoms with van der Waals surface area (Å²) in [7, 11) is 0. The van der Waals surface area contributed by atoms with Crippen LogP contribution in [0.2, 0.25) is 0 Å². The first-order valence-corrected chi connectivity index (χ1v) is 10.9. The number of phenols is 2. The molecule has 3 aromatic carbocycles. The molecule has 1 aromatic heterocycles. The normalized spacial score (nSPS) is 10.9. The number of carbonyl (C=O) groups is 2. The standard InChI is InChI=1S/C24H16N4O6S/c29-19(15-6-9-18(10-7-15)28(33)34)11-3-14-1-4-16(5-2-14)22(32)25-24-27-26-23(35-24)17-8-12-20(30)21(31)13-17/h1-13,30-31H,(H,25,27,32)/b11-3+. The molecular formula is C24H16N4O6S. The van der Waals surface area contributed by atoms with Crippen LogP contribution in [0.25, 0.3) is 16.6 Å². The molecule has 4 aromatic rings. The molecule has 0 unspecified atom stereocenters. The van der Waals surface area contributed by atoms with Crippen molar-refractivity contribution in [2.75, 3.05) is 5.32 Å². The van der Waals surface area contributed by atoms with Crippen LogP contribution in [-0.2, 0) is 0 Å². The van der Waals surface area contributed by atoms with E-state index in [4.69, 9.17) is 0 Å². The predicted molar refractivity (Wildman–Crippen MR) is 130 cm³/mol. The van der Waals surface area contributed by atoms with Gasteiger partial charge in [-0.2, -0.15) is 0 Å². The largest absolute Gasteiger partial charge is 0.504 e. The zero-order valence-corrected chi connectivity index (χ0v) is 18.6. The average Bonchev–Trinajstić information content (AvgIpc) is 3.33. The summed E-state index contributed by atoms with van der Waals surface area (Å²) in [5.41, 5.74) is 1.81. The van der Waals surface area contributed by atoms with Crippen LogP contribution in [0.3, 0.4) is 0 Å². The molecule has 0 radical (unpaired) electrons. The molecule has 1 heterocycles. The summed E-state index contributed by atoms with van der Waals surface area (Å²) in [6.07, 6.45) is 2.93. The van der Waals surface area contributed by atoms with Crippen molar-refractivity contribution in [1.29, 1.82) is 0 Å². The molecule has 0 saturated carbocycles. The molecule has 3 N–H and O–H groups in total. The van der Waals surface area contributed by atoms with Crippen LogP contribution in [0, 0.1) is 10.1 Å². The number of allylic oxidation sites excluding steroid dienone is 1. The molecular weight excluding hydrogens is 472 g/mol. The van der Waals surface area contributed by atoms with Crippen LogP contribution in [0.5, 0.6) is 11.5 Å². The zero-order chi connectivity index (χ0) is 24.9. The van der Waals surface area contributed by atoms with E-state index in [1.54, 1.807) is 36.4 Å². The number of ketones is 1. The Morgan fingerprint density at radius 3 is 2.26 bits per heavy atom. The molecule has 0 aliphatic rings. The maximum Gasteiger partial charge on any atom is 0.269 e. The lowest BCUT2D eigenvalue weighted by molar-refractivity contribution is -0.384. The van der Waals surface area contributed by atoms with Crippen molar-refractivity contribution in [3.05, 3.63) is 99.6 Å². The summed E-state index contributed by atoms with van der Waals surface area (Å²) in [6, 6.07) is 16.1. The smallest absolute Gasteiger partial charge is 0.269 e. The second kappa shape index (κ2) is 9.93. The highest BCUT2D eigenvalue weighted by Gasteiger charge is 2.13. The Morgan fingerprint density at radius 1 is 0.914 bits per heavy atom. The lowest BCUT2D eigenvalue weighted by Crippen LogP contribution is -2.11. The molecule has 35 heavy (non-hydrogen) atoms. The first kappa shape index (κ1) is 23.3. The Bertz CT molecular complexity index is 1450. The van der Waals surface area contributed by atoms with E-state index < -0.39 is 10.8 Å². The van der Waals surface area contributed by atoms with E-state index >= 15 is 0 Å². The number of amides is 1. The van der Waals surface area contributed by atoms with Crippen molar-refractivity contribution < 1.29 is 24.7 Å². The number of hydrogen-bond donors (Lipinski definition) is 3. The number of non-ortho nitro benzene ring substituents is 1. The Kier molecular flexibility index (Phi) is 6.60. The van der Waals surface area contributed by atoms with Crippen molar-refractivity contribution in [1.82, 2.24) is 10.2 Å². The SMILES string of the molecule is O=C(/C=C/c1ccc(C(=O)Nc2nnc(-c3ccc(O)c(O)c3)s2)cc1)c1ccc([N+](=O)[O-])cc1. The van der Waals surface area contributed by atoms with E-state index in [1.807, 2.05) is 0 Å². The molecule has 0 saturated heterocycles. The minimum Gasteiger partial charge on any atom is -0.504 e. The van der Waals surface area contributed by atoms with Crippen molar-refractivity contribution in [3.8, 4) is 22.1 Å². The van der Waals surface area contributed by atoms with Gasteiger partial charge in [-0.25, -0.2) is 0 Å². The first-order valence-electron chi connectivity index (χ1n) is 10.0. The quantitative estimate of drug-likeness (QED) is 0.111. The van der Waals surface area contributed by atoms with Gasteiger partial charge in [-0.15, -0.1) is 10.2 Å². The third kappa shape index (κ3) is 5.54. The molecule has 0 fully saturated rings. The van der Waals surface area contributed by atoms with Crippen molar-refractivity contribution in [2.45, 2.75) is 0 Å².